The number of amides is 1. The van der Waals surface area contributed by atoms with Crippen LogP contribution in [0.15, 0.2) is 0 Å². The van der Waals surface area contributed by atoms with Crippen molar-refractivity contribution >= 4 is 14.9 Å². The zero-order valence-corrected chi connectivity index (χ0v) is 13.3. The van der Waals surface area contributed by atoms with Gasteiger partial charge in [-0.2, -0.15) is 0 Å². The van der Waals surface area contributed by atoms with Crippen LogP contribution in [0, 0.1) is 17.3 Å². The number of β-lactam (4-membered cyclic amide) rings is 1. The van der Waals surface area contributed by atoms with Gasteiger partial charge in [-0.3, -0.25) is 4.79 Å². The Morgan fingerprint density at radius 3 is 2.44 bits per heavy atom. The van der Waals surface area contributed by atoms with Gasteiger partial charge in [-0.25, -0.2) is 0 Å². The number of nitrogens with one attached hydrogen (secondary N) is 1. The molecule has 0 radical (unpaired) electrons. The molecule has 0 aromatic heterocycles. The molecule has 0 aromatic carbocycles. The highest BCUT2D eigenvalue weighted by atomic mass is 28.3. The van der Waals surface area contributed by atoms with Crippen LogP contribution < -0.4 is 5.32 Å². The largest absolute Gasteiger partial charge is 0.420 e. The van der Waals surface area contributed by atoms with Crippen molar-refractivity contribution in [1.82, 2.24) is 5.32 Å². The van der Waals surface area contributed by atoms with Gasteiger partial charge in [-0.05, 0) is 30.8 Å². The van der Waals surface area contributed by atoms with Gasteiger partial charge in [-0.1, -0.05) is 20.8 Å². The maximum Gasteiger partial charge on any atom is 0.225 e. The van der Waals surface area contributed by atoms with Crippen LogP contribution in [0.4, 0.5) is 0 Å². The topological polar surface area (TPSA) is 58.6 Å². The molecule has 5 heteroatoms. The van der Waals surface area contributed by atoms with Crippen molar-refractivity contribution in [2.75, 3.05) is 13.2 Å². The van der Waals surface area contributed by atoms with Crippen LogP contribution in [-0.2, 0) is 9.22 Å². The molecule has 1 amide bonds. The van der Waals surface area contributed by atoms with Crippen molar-refractivity contribution in [3.8, 4) is 0 Å². The van der Waals surface area contributed by atoms with E-state index in [1.54, 1.807) is 0 Å². The molecule has 1 rings (SSSR count). The third kappa shape index (κ3) is 3.80. The second-order valence-corrected chi connectivity index (χ2v) is 8.94. The molecule has 2 N–H and O–H groups in total. The van der Waals surface area contributed by atoms with E-state index in [2.05, 4.69) is 39.2 Å². The Balaban J connectivity index is 2.72. The van der Waals surface area contributed by atoms with Crippen LogP contribution in [0.3, 0.4) is 0 Å². The Morgan fingerprint density at radius 2 is 2.06 bits per heavy atom. The van der Waals surface area contributed by atoms with Crippen LogP contribution in [-0.4, -0.2) is 39.3 Å². The van der Waals surface area contributed by atoms with Gasteiger partial charge in [0.2, 0.25) is 5.91 Å². The molecule has 0 saturated carbocycles. The molecule has 0 spiro atoms. The first-order chi connectivity index (χ1) is 8.27. The fraction of sp³-hybridized carbons (Fsp3) is 0.923. The van der Waals surface area contributed by atoms with Crippen LogP contribution in [0.5, 0.6) is 0 Å². The van der Waals surface area contributed by atoms with Crippen molar-refractivity contribution in [3.63, 3.8) is 0 Å². The predicted molar refractivity (Wildman–Crippen MR) is 74.9 cm³/mol. The number of hydrogen-bond acceptors (Lipinski definition) is 3. The molecule has 0 aliphatic carbocycles. The normalized spacial score (nSPS) is 25.8. The van der Waals surface area contributed by atoms with Gasteiger partial charge in [0.05, 0.1) is 5.92 Å². The van der Waals surface area contributed by atoms with Crippen molar-refractivity contribution in [2.24, 2.45) is 17.3 Å². The van der Waals surface area contributed by atoms with Crippen molar-refractivity contribution in [1.29, 1.82) is 0 Å². The lowest BCUT2D eigenvalue weighted by atomic mass is 9.67. The van der Waals surface area contributed by atoms with Crippen molar-refractivity contribution in [2.45, 2.75) is 46.3 Å². The van der Waals surface area contributed by atoms with Crippen LogP contribution >= 0.6 is 0 Å². The van der Waals surface area contributed by atoms with Crippen LogP contribution in [0.1, 0.15) is 27.2 Å². The summed E-state index contributed by atoms with van der Waals surface area (Å²) in [4.78, 5) is 11.8. The van der Waals surface area contributed by atoms with E-state index in [0.29, 0.717) is 13.0 Å². The SMILES string of the molecule is C[SiH](C)OC[C@H]([C@@H]1C(=O)N[C@@H]1CCO)C(C)(C)C. The molecule has 106 valence electrons. The maximum absolute atomic E-state index is 11.8. The number of aliphatic hydroxyl groups is 1. The summed E-state index contributed by atoms with van der Waals surface area (Å²) in [5.41, 5.74) is 0.0411. The Bertz CT molecular complexity index is 288. The third-order valence-corrected chi connectivity index (χ3v) is 4.52. The van der Waals surface area contributed by atoms with Gasteiger partial charge in [-0.15, -0.1) is 0 Å². The van der Waals surface area contributed by atoms with E-state index in [1.807, 2.05) is 0 Å². The molecule has 1 heterocycles. The highest BCUT2D eigenvalue weighted by Gasteiger charge is 2.47. The molecule has 1 aliphatic rings. The van der Waals surface area contributed by atoms with E-state index in [0.717, 1.165) is 0 Å². The number of carbonyl (C=O) groups excluding carboxylic acids is 1. The smallest absolute Gasteiger partial charge is 0.225 e. The summed E-state index contributed by atoms with van der Waals surface area (Å²) >= 11 is 0. The average Bonchev–Trinajstić information content (AvgIpc) is 2.21. The molecule has 0 bridgehead atoms. The molecule has 0 aromatic rings. The molecule has 3 atom stereocenters. The molecule has 18 heavy (non-hydrogen) atoms. The number of rotatable bonds is 6. The van der Waals surface area contributed by atoms with Crippen LogP contribution in [0.2, 0.25) is 13.1 Å². The van der Waals surface area contributed by atoms with Gasteiger partial charge >= 0.3 is 0 Å². The van der Waals surface area contributed by atoms with E-state index < -0.39 is 9.04 Å². The molecule has 0 unspecified atom stereocenters. The lowest BCUT2D eigenvalue weighted by molar-refractivity contribution is -0.142. The Labute approximate surface area is 112 Å². The fourth-order valence-electron chi connectivity index (χ4n) is 2.50. The lowest BCUT2D eigenvalue weighted by Crippen LogP contribution is -2.63. The van der Waals surface area contributed by atoms with E-state index in [-0.39, 0.29) is 35.8 Å². The van der Waals surface area contributed by atoms with E-state index in [9.17, 15) is 4.79 Å². The molecule has 4 nitrogen and oxygen atoms in total. The Kier molecular flexibility index (Phi) is 5.37. The number of aliphatic hydroxyl groups excluding tert-OH is 1. The van der Waals surface area contributed by atoms with E-state index >= 15 is 0 Å². The minimum Gasteiger partial charge on any atom is -0.420 e. The number of hydrogen-bond donors (Lipinski definition) is 2. The zero-order valence-electron chi connectivity index (χ0n) is 12.2. The quantitative estimate of drug-likeness (QED) is 0.564. The number of carbonyl (C=O) groups is 1. The molecule has 1 fully saturated rings. The minimum atomic E-state index is -1.06. The molecule has 1 aliphatic heterocycles. The summed E-state index contributed by atoms with van der Waals surface area (Å²) in [6.45, 7) is 11.5. The zero-order chi connectivity index (χ0) is 13.9. The Morgan fingerprint density at radius 1 is 1.44 bits per heavy atom. The molecular weight excluding hydrogens is 246 g/mol. The molecule has 1 saturated heterocycles. The maximum atomic E-state index is 11.8. The van der Waals surface area contributed by atoms with Gasteiger partial charge in [0.15, 0.2) is 9.04 Å². The summed E-state index contributed by atoms with van der Waals surface area (Å²) < 4.78 is 5.86. The first kappa shape index (κ1) is 15.7. The van der Waals surface area contributed by atoms with E-state index in [1.165, 1.54) is 0 Å². The summed E-state index contributed by atoms with van der Waals surface area (Å²) in [6.07, 6.45) is 0.641. The summed E-state index contributed by atoms with van der Waals surface area (Å²) in [5.74, 6) is 0.324. The van der Waals surface area contributed by atoms with Gasteiger partial charge in [0.25, 0.3) is 0 Å². The standard InChI is InChI=1S/C13H27NO3Si/c1-13(2,3)9(8-17-18(4)5)11-10(6-7-15)14-12(11)16/h9-11,15,18H,6-8H2,1-5H3,(H,14,16)/t9-,10-,11+/m1/s1. The Hall–Kier alpha value is -0.393. The predicted octanol–water partition coefficient (Wildman–Crippen LogP) is 1.15. The average molecular weight is 273 g/mol. The van der Waals surface area contributed by atoms with Crippen LogP contribution in [0.25, 0.3) is 0 Å². The minimum absolute atomic E-state index is 0.00935. The fourth-order valence-corrected chi connectivity index (χ4v) is 3.09. The second-order valence-electron chi connectivity index (χ2n) is 6.51. The summed E-state index contributed by atoms with van der Waals surface area (Å²) in [6, 6.07) is 0.115. The first-order valence-corrected chi connectivity index (χ1v) is 9.58. The first-order valence-electron chi connectivity index (χ1n) is 6.80. The lowest BCUT2D eigenvalue weighted by Gasteiger charge is -2.46. The summed E-state index contributed by atoms with van der Waals surface area (Å²) in [7, 11) is -1.06. The molecular formula is C13H27NO3Si. The van der Waals surface area contributed by atoms with Gasteiger partial charge in [0.1, 0.15) is 0 Å². The second kappa shape index (κ2) is 6.17. The van der Waals surface area contributed by atoms with E-state index in [4.69, 9.17) is 9.53 Å². The third-order valence-electron chi connectivity index (χ3n) is 3.66. The van der Waals surface area contributed by atoms with Gasteiger partial charge < -0.3 is 14.8 Å². The van der Waals surface area contributed by atoms with Gasteiger partial charge in [0, 0.05) is 19.3 Å². The van der Waals surface area contributed by atoms with Crippen molar-refractivity contribution < 1.29 is 14.3 Å². The highest BCUT2D eigenvalue weighted by molar-refractivity contribution is 6.48. The summed E-state index contributed by atoms with van der Waals surface area (Å²) in [5, 5.41) is 11.9. The monoisotopic (exact) mass is 273 g/mol. The highest BCUT2D eigenvalue weighted by Crippen LogP contribution is 2.38. The van der Waals surface area contributed by atoms with Crippen molar-refractivity contribution in [3.05, 3.63) is 0 Å².